The van der Waals surface area contributed by atoms with Gasteiger partial charge in [0, 0.05) is 0 Å². The van der Waals surface area contributed by atoms with Gasteiger partial charge >= 0.3 is 12.1 Å². The summed E-state index contributed by atoms with van der Waals surface area (Å²) in [5.41, 5.74) is 5.54. The molecular formula is C23H38N6O5. The van der Waals surface area contributed by atoms with Crippen LogP contribution in [0.25, 0.3) is 0 Å². The molecule has 0 aromatic rings. The molecule has 0 aliphatic heterocycles. The number of aliphatic imine (C=N–C) groups is 3. The number of urea groups is 2. The second-order valence-electron chi connectivity index (χ2n) is 7.99. The standard InChI is InChI=1S/C23H38N6O5/c1-4-7-10-13-19(25-16-30)28(20(26-17-31)14-11-8-5-2)23(34)29(22(24)33)21(27-18-32)15-12-9-6-3/h19-21H,4-15H2,1-3H3,(H2,24,33). The average Bonchev–Trinajstić information content (AvgIpc) is 2.79. The number of hydrogen-bond acceptors (Lipinski definition) is 8. The summed E-state index contributed by atoms with van der Waals surface area (Å²) in [6.45, 7) is 5.98. The normalized spacial score (nSPS) is 12.8. The maximum absolute atomic E-state index is 13.7. The molecule has 0 spiro atoms. The summed E-state index contributed by atoms with van der Waals surface area (Å²) in [6.07, 6.45) is 8.83. The molecule has 190 valence electrons. The lowest BCUT2D eigenvalue weighted by molar-refractivity contribution is 0.0992. The molecular weight excluding hydrogens is 440 g/mol. The minimum atomic E-state index is -1.18. The molecule has 11 heteroatoms. The van der Waals surface area contributed by atoms with Gasteiger partial charge in [-0.25, -0.2) is 28.9 Å². The van der Waals surface area contributed by atoms with E-state index in [4.69, 9.17) is 5.73 Å². The summed E-state index contributed by atoms with van der Waals surface area (Å²) >= 11 is 0. The zero-order valence-corrected chi connectivity index (χ0v) is 20.6. The number of nitrogens with zero attached hydrogens (tertiary/aromatic N) is 5. The van der Waals surface area contributed by atoms with Crippen LogP contribution in [0.5, 0.6) is 0 Å². The predicted octanol–water partition coefficient (Wildman–Crippen LogP) is 4.52. The first-order valence-corrected chi connectivity index (χ1v) is 12.0. The predicted molar refractivity (Wildman–Crippen MR) is 127 cm³/mol. The van der Waals surface area contributed by atoms with E-state index in [0.29, 0.717) is 24.2 Å². The third kappa shape index (κ3) is 11.1. The highest BCUT2D eigenvalue weighted by atomic mass is 16.2. The van der Waals surface area contributed by atoms with Crippen molar-refractivity contribution in [3.05, 3.63) is 0 Å². The Morgan fingerprint density at radius 2 is 1.03 bits per heavy atom. The van der Waals surface area contributed by atoms with Gasteiger partial charge in [-0.15, -0.1) is 0 Å². The molecule has 3 unspecified atom stereocenters. The summed E-state index contributed by atoms with van der Waals surface area (Å²) < 4.78 is 0. The highest BCUT2D eigenvalue weighted by Gasteiger charge is 2.38. The molecule has 0 heterocycles. The Morgan fingerprint density at radius 3 is 1.35 bits per heavy atom. The molecule has 0 saturated heterocycles. The molecule has 0 rings (SSSR count). The molecule has 0 aromatic carbocycles. The molecule has 0 saturated carbocycles. The van der Waals surface area contributed by atoms with E-state index in [0.717, 1.165) is 43.4 Å². The van der Waals surface area contributed by atoms with Gasteiger partial charge in [0.05, 0.1) is 0 Å². The first-order chi connectivity index (χ1) is 16.4. The zero-order chi connectivity index (χ0) is 25.8. The van der Waals surface area contributed by atoms with Crippen molar-refractivity contribution in [1.29, 1.82) is 0 Å². The topological polar surface area (TPSA) is 155 Å². The minimum absolute atomic E-state index is 0.209. The Morgan fingerprint density at radius 1 is 0.676 bits per heavy atom. The first-order valence-electron chi connectivity index (χ1n) is 12.0. The Kier molecular flexibility index (Phi) is 17.6. The van der Waals surface area contributed by atoms with Gasteiger partial charge in [-0.05, 0) is 38.5 Å². The van der Waals surface area contributed by atoms with E-state index in [2.05, 4.69) is 15.0 Å². The van der Waals surface area contributed by atoms with Crippen molar-refractivity contribution in [2.24, 2.45) is 20.7 Å². The Bertz CT molecular complexity index is 725. The van der Waals surface area contributed by atoms with Crippen molar-refractivity contribution < 1.29 is 24.0 Å². The van der Waals surface area contributed by atoms with Gasteiger partial charge in [0.15, 0.2) is 0 Å². The van der Waals surface area contributed by atoms with Crippen molar-refractivity contribution in [2.75, 3.05) is 0 Å². The van der Waals surface area contributed by atoms with Gasteiger partial charge in [-0.3, -0.25) is 4.90 Å². The fourth-order valence-corrected chi connectivity index (χ4v) is 3.64. The van der Waals surface area contributed by atoms with Crippen LogP contribution in [-0.4, -0.2) is 58.6 Å². The molecule has 0 aliphatic rings. The molecule has 4 amide bonds. The average molecular weight is 479 g/mol. The van der Waals surface area contributed by atoms with Crippen LogP contribution < -0.4 is 5.73 Å². The van der Waals surface area contributed by atoms with E-state index >= 15 is 0 Å². The molecule has 0 bridgehead atoms. The second kappa shape index (κ2) is 19.4. The number of unbranched alkanes of at least 4 members (excludes halogenated alkanes) is 6. The lowest BCUT2D eigenvalue weighted by Gasteiger charge is -2.37. The van der Waals surface area contributed by atoms with E-state index in [1.165, 1.54) is 18.2 Å². The third-order valence-corrected chi connectivity index (χ3v) is 5.41. The number of carbonyl (C=O) groups is 2. The molecule has 3 atom stereocenters. The van der Waals surface area contributed by atoms with Crippen LogP contribution in [-0.2, 0) is 14.4 Å². The van der Waals surface area contributed by atoms with Crippen molar-refractivity contribution >= 4 is 30.3 Å². The molecule has 0 radical (unpaired) electrons. The maximum Gasteiger partial charge on any atom is 0.333 e. The van der Waals surface area contributed by atoms with Crippen LogP contribution in [0.2, 0.25) is 0 Å². The van der Waals surface area contributed by atoms with Crippen molar-refractivity contribution in [1.82, 2.24) is 9.80 Å². The fraction of sp³-hybridized carbons (Fsp3) is 0.783. The number of nitrogens with two attached hydrogens (primary N) is 1. The van der Waals surface area contributed by atoms with Gasteiger partial charge in [0.2, 0.25) is 18.2 Å². The number of imide groups is 1. The molecule has 0 aliphatic carbocycles. The summed E-state index contributed by atoms with van der Waals surface area (Å²) in [7, 11) is 0. The van der Waals surface area contributed by atoms with Crippen LogP contribution in [0, 0.1) is 0 Å². The van der Waals surface area contributed by atoms with E-state index in [-0.39, 0.29) is 19.3 Å². The summed E-state index contributed by atoms with van der Waals surface area (Å²) in [5, 5.41) is 0. The van der Waals surface area contributed by atoms with Gasteiger partial charge in [0.25, 0.3) is 0 Å². The quantitative estimate of drug-likeness (QED) is 0.174. The number of hydrogen-bond donors (Lipinski definition) is 1. The van der Waals surface area contributed by atoms with Gasteiger partial charge in [0.1, 0.15) is 18.5 Å². The number of isocyanates is 3. The van der Waals surface area contributed by atoms with E-state index < -0.39 is 30.6 Å². The monoisotopic (exact) mass is 478 g/mol. The molecule has 2 N–H and O–H groups in total. The molecule has 0 aromatic heterocycles. The summed E-state index contributed by atoms with van der Waals surface area (Å²) in [5.74, 6) is 0. The first kappa shape index (κ1) is 30.9. The van der Waals surface area contributed by atoms with Gasteiger partial charge < -0.3 is 5.73 Å². The minimum Gasteiger partial charge on any atom is -0.351 e. The third-order valence-electron chi connectivity index (χ3n) is 5.41. The number of primary amides is 1. The lowest BCUT2D eigenvalue weighted by atomic mass is 10.1. The van der Waals surface area contributed by atoms with Gasteiger partial charge in [-0.1, -0.05) is 59.3 Å². The summed E-state index contributed by atoms with van der Waals surface area (Å²) in [4.78, 5) is 72.6. The summed E-state index contributed by atoms with van der Waals surface area (Å²) in [6, 6.07) is -2.06. The number of amides is 4. The van der Waals surface area contributed by atoms with Crippen molar-refractivity contribution in [2.45, 2.75) is 116 Å². The lowest BCUT2D eigenvalue weighted by Crippen LogP contribution is -2.57. The van der Waals surface area contributed by atoms with Crippen LogP contribution >= 0.6 is 0 Å². The van der Waals surface area contributed by atoms with Crippen LogP contribution in [0.15, 0.2) is 15.0 Å². The zero-order valence-electron chi connectivity index (χ0n) is 20.6. The van der Waals surface area contributed by atoms with E-state index in [9.17, 15) is 24.0 Å². The van der Waals surface area contributed by atoms with Crippen molar-refractivity contribution in [3.8, 4) is 0 Å². The van der Waals surface area contributed by atoms with E-state index in [1.54, 1.807) is 0 Å². The molecule has 0 fully saturated rings. The smallest absolute Gasteiger partial charge is 0.333 e. The molecule has 11 nitrogen and oxygen atoms in total. The Balaban J connectivity index is 6.44. The number of carbonyl (C=O) groups excluding carboxylic acids is 5. The van der Waals surface area contributed by atoms with Crippen LogP contribution in [0.3, 0.4) is 0 Å². The van der Waals surface area contributed by atoms with E-state index in [1.807, 2.05) is 20.8 Å². The SMILES string of the molecule is CCCCCC(N=C=O)N(C(N)=O)C(=O)N(C(CCCCC)N=C=O)C(CCCCC)N=C=O. The Hall–Kier alpha value is -3.12. The fourth-order valence-electron chi connectivity index (χ4n) is 3.64. The largest absolute Gasteiger partial charge is 0.351 e. The number of rotatable bonds is 18. The molecule has 34 heavy (non-hydrogen) atoms. The Labute approximate surface area is 201 Å². The van der Waals surface area contributed by atoms with Crippen LogP contribution in [0.1, 0.15) is 97.8 Å². The maximum atomic E-state index is 13.7. The van der Waals surface area contributed by atoms with Crippen LogP contribution in [0.4, 0.5) is 9.59 Å². The second-order valence-corrected chi connectivity index (χ2v) is 7.99. The van der Waals surface area contributed by atoms with Crippen molar-refractivity contribution in [3.63, 3.8) is 0 Å². The van der Waals surface area contributed by atoms with Gasteiger partial charge in [-0.2, -0.15) is 15.0 Å². The highest BCUT2D eigenvalue weighted by Crippen LogP contribution is 2.24. The highest BCUT2D eigenvalue weighted by molar-refractivity contribution is 5.93.